The lowest BCUT2D eigenvalue weighted by atomic mass is 9.94. The van der Waals surface area contributed by atoms with Crippen LogP contribution in [0.2, 0.25) is 5.02 Å². The van der Waals surface area contributed by atoms with Crippen LogP contribution in [-0.2, 0) is 12.8 Å². The van der Waals surface area contributed by atoms with Crippen molar-refractivity contribution in [1.29, 1.82) is 0 Å². The summed E-state index contributed by atoms with van der Waals surface area (Å²) in [7, 11) is 1.62. The molecule has 7 nitrogen and oxygen atoms in total. The molecule has 1 amide bonds. The molecule has 0 fully saturated rings. The van der Waals surface area contributed by atoms with Crippen molar-refractivity contribution in [2.24, 2.45) is 5.10 Å². The molecule has 3 aliphatic rings. The summed E-state index contributed by atoms with van der Waals surface area (Å²) in [5.74, 6) is 0.916. The zero-order chi connectivity index (χ0) is 24.8. The molecule has 3 aromatic rings. The SMILES string of the molecule is COc1ccc(N2C(=O)c3c(sc4c3CCCC4)N3C(SCC(=O)c4ccc(Cl)cc4)=NNC23)cc1. The molecule has 0 saturated heterocycles. The van der Waals surface area contributed by atoms with E-state index in [1.54, 1.807) is 47.6 Å². The van der Waals surface area contributed by atoms with Gasteiger partial charge < -0.3 is 4.74 Å². The molecule has 2 aromatic carbocycles. The Kier molecular flexibility index (Phi) is 6.15. The number of halogens is 1. The lowest BCUT2D eigenvalue weighted by Gasteiger charge is -2.39. The highest BCUT2D eigenvalue weighted by atomic mass is 35.5. The van der Waals surface area contributed by atoms with Crippen molar-refractivity contribution in [2.75, 3.05) is 22.7 Å². The molecule has 0 spiro atoms. The number of ketones is 1. The van der Waals surface area contributed by atoms with Crippen molar-refractivity contribution in [2.45, 2.75) is 32.0 Å². The summed E-state index contributed by atoms with van der Waals surface area (Å²) >= 11 is 9.02. The number of Topliss-reactive ketones (excluding diaryl/α,β-unsaturated/α-hetero) is 1. The number of rotatable bonds is 5. The van der Waals surface area contributed by atoms with Crippen LogP contribution >= 0.6 is 34.7 Å². The Labute approximate surface area is 222 Å². The highest BCUT2D eigenvalue weighted by Crippen LogP contribution is 2.47. The average molecular weight is 539 g/mol. The molecule has 1 unspecified atom stereocenters. The van der Waals surface area contributed by atoms with Crippen LogP contribution in [0.4, 0.5) is 10.7 Å². The lowest BCUT2D eigenvalue weighted by molar-refractivity contribution is 0.0966. The van der Waals surface area contributed by atoms with E-state index in [9.17, 15) is 9.59 Å². The van der Waals surface area contributed by atoms with Crippen LogP contribution in [0.5, 0.6) is 5.75 Å². The number of benzene rings is 2. The number of carbonyl (C=O) groups excluding carboxylic acids is 2. The number of nitrogens with zero attached hydrogens (tertiary/aromatic N) is 3. The fourth-order valence-electron chi connectivity index (χ4n) is 4.83. The van der Waals surface area contributed by atoms with Crippen molar-refractivity contribution >= 4 is 62.2 Å². The van der Waals surface area contributed by atoms with Crippen LogP contribution in [0, 0.1) is 0 Å². The third-order valence-corrected chi connectivity index (χ3v) is 9.12. The first kappa shape index (κ1) is 23.4. The summed E-state index contributed by atoms with van der Waals surface area (Å²) in [5, 5.41) is 6.76. The minimum Gasteiger partial charge on any atom is -0.497 e. The van der Waals surface area contributed by atoms with Crippen LogP contribution in [0.25, 0.3) is 0 Å². The number of methoxy groups -OCH3 is 1. The van der Waals surface area contributed by atoms with Gasteiger partial charge in [0.05, 0.1) is 18.4 Å². The molecule has 1 aromatic heterocycles. The Bertz CT molecular complexity index is 1370. The first-order valence-corrected chi connectivity index (χ1v) is 13.9. The van der Waals surface area contributed by atoms with Crippen LogP contribution in [0.1, 0.15) is 44.0 Å². The van der Waals surface area contributed by atoms with Crippen molar-refractivity contribution in [3.63, 3.8) is 0 Å². The van der Waals surface area contributed by atoms with E-state index in [1.807, 2.05) is 24.3 Å². The third kappa shape index (κ3) is 3.95. The number of amides is 1. The van der Waals surface area contributed by atoms with E-state index in [0.29, 0.717) is 15.8 Å². The zero-order valence-electron chi connectivity index (χ0n) is 19.5. The maximum absolute atomic E-state index is 13.9. The smallest absolute Gasteiger partial charge is 0.264 e. The van der Waals surface area contributed by atoms with Gasteiger partial charge in [0.2, 0.25) is 6.29 Å². The maximum Gasteiger partial charge on any atom is 0.264 e. The van der Waals surface area contributed by atoms with Gasteiger partial charge in [-0.05, 0) is 79.8 Å². The van der Waals surface area contributed by atoms with E-state index < -0.39 is 6.29 Å². The molecule has 1 atom stereocenters. The monoisotopic (exact) mass is 538 g/mol. The largest absolute Gasteiger partial charge is 0.497 e. The summed E-state index contributed by atoms with van der Waals surface area (Å²) < 4.78 is 5.31. The Balaban J connectivity index is 1.34. The van der Waals surface area contributed by atoms with Gasteiger partial charge in [0.15, 0.2) is 11.0 Å². The van der Waals surface area contributed by atoms with E-state index in [0.717, 1.165) is 53.2 Å². The quantitative estimate of drug-likeness (QED) is 0.431. The summed E-state index contributed by atoms with van der Waals surface area (Å²) in [6.07, 6.45) is 3.61. The first-order chi connectivity index (χ1) is 17.5. The highest BCUT2D eigenvalue weighted by Gasteiger charge is 2.47. The van der Waals surface area contributed by atoms with Crippen molar-refractivity contribution < 1.29 is 14.3 Å². The van der Waals surface area contributed by atoms with Gasteiger partial charge in [0.1, 0.15) is 10.8 Å². The lowest BCUT2D eigenvalue weighted by Crippen LogP contribution is -2.58. The Morgan fingerprint density at radius 1 is 1.14 bits per heavy atom. The van der Waals surface area contributed by atoms with E-state index in [4.69, 9.17) is 16.3 Å². The number of hydrazone groups is 1. The van der Waals surface area contributed by atoms with Crippen molar-refractivity contribution in [3.8, 4) is 5.75 Å². The van der Waals surface area contributed by atoms with Gasteiger partial charge in [-0.2, -0.15) is 5.10 Å². The molecule has 3 heterocycles. The molecule has 184 valence electrons. The number of thioether (sulfide) groups is 1. The highest BCUT2D eigenvalue weighted by molar-refractivity contribution is 8.14. The van der Waals surface area contributed by atoms with Crippen LogP contribution in [0.15, 0.2) is 53.6 Å². The van der Waals surface area contributed by atoms with E-state index in [1.165, 1.54) is 16.6 Å². The summed E-state index contributed by atoms with van der Waals surface area (Å²) in [6, 6.07) is 14.4. The third-order valence-electron chi connectivity index (χ3n) is 6.62. The van der Waals surface area contributed by atoms with Gasteiger partial charge in [-0.25, -0.2) is 0 Å². The molecule has 1 N–H and O–H groups in total. The van der Waals surface area contributed by atoms with E-state index in [2.05, 4.69) is 15.4 Å². The van der Waals surface area contributed by atoms with E-state index >= 15 is 0 Å². The molecule has 36 heavy (non-hydrogen) atoms. The number of carbonyl (C=O) groups is 2. The van der Waals surface area contributed by atoms with Crippen molar-refractivity contribution in [3.05, 3.63) is 75.1 Å². The maximum atomic E-state index is 13.9. The van der Waals surface area contributed by atoms with Gasteiger partial charge >= 0.3 is 0 Å². The second-order valence-corrected chi connectivity index (χ2v) is 11.2. The fraction of sp³-hybridized carbons (Fsp3) is 0.269. The second-order valence-electron chi connectivity index (χ2n) is 8.75. The second kappa shape index (κ2) is 9.46. The number of ether oxygens (including phenoxy) is 1. The van der Waals surface area contributed by atoms with Crippen molar-refractivity contribution in [1.82, 2.24) is 5.43 Å². The van der Waals surface area contributed by atoms with E-state index in [-0.39, 0.29) is 17.4 Å². The Hall–Kier alpha value is -3.01. The normalized spacial score (nSPS) is 18.2. The van der Waals surface area contributed by atoms with Crippen LogP contribution in [-0.4, -0.2) is 36.0 Å². The molecule has 0 saturated carbocycles. The van der Waals surface area contributed by atoms with Gasteiger partial charge in [-0.3, -0.25) is 24.8 Å². The molecule has 2 aliphatic heterocycles. The van der Waals surface area contributed by atoms with Crippen LogP contribution in [0.3, 0.4) is 0 Å². The molecular formula is C26H23ClN4O3S2. The van der Waals surface area contributed by atoms with Crippen LogP contribution < -0.4 is 20.0 Å². The Morgan fingerprint density at radius 3 is 2.64 bits per heavy atom. The number of nitrogens with one attached hydrogen (secondary N) is 1. The standard InChI is InChI=1S/C26H23ClN4O3S2/c1-34-18-12-10-17(11-13-18)30-23(33)22-19-4-2-3-5-21(19)36-24(22)31-25(30)28-29-26(31)35-14-20(32)15-6-8-16(27)9-7-15/h6-13,25,28H,2-5,14H2,1H3. The number of hydrogen-bond acceptors (Lipinski definition) is 8. The summed E-state index contributed by atoms with van der Waals surface area (Å²) in [4.78, 5) is 31.9. The van der Waals surface area contributed by atoms with Gasteiger partial charge in [0, 0.05) is 21.2 Å². The zero-order valence-corrected chi connectivity index (χ0v) is 21.9. The van der Waals surface area contributed by atoms with Gasteiger partial charge in [0.25, 0.3) is 5.91 Å². The first-order valence-electron chi connectivity index (χ1n) is 11.7. The average Bonchev–Trinajstić information content (AvgIpc) is 3.50. The van der Waals surface area contributed by atoms with Gasteiger partial charge in [-0.15, -0.1) is 11.3 Å². The molecule has 6 rings (SSSR count). The topological polar surface area (TPSA) is 74.2 Å². The predicted molar refractivity (Wildman–Crippen MR) is 146 cm³/mol. The Morgan fingerprint density at radius 2 is 1.89 bits per heavy atom. The molecule has 1 aliphatic carbocycles. The molecule has 0 bridgehead atoms. The molecule has 0 radical (unpaired) electrons. The minimum atomic E-state index is -0.508. The number of anilines is 2. The number of amidine groups is 1. The summed E-state index contributed by atoms with van der Waals surface area (Å²) in [5.41, 5.74) is 6.44. The fourth-order valence-corrected chi connectivity index (χ4v) is 7.29. The number of thiophene rings is 1. The number of aryl methyl sites for hydroxylation is 1. The predicted octanol–water partition coefficient (Wildman–Crippen LogP) is 5.53. The molecular weight excluding hydrogens is 516 g/mol. The number of fused-ring (bicyclic) bond motifs is 5. The number of hydrogen-bond donors (Lipinski definition) is 1. The minimum absolute atomic E-state index is 0.00592. The molecule has 10 heteroatoms. The summed E-state index contributed by atoms with van der Waals surface area (Å²) in [6.45, 7) is 0. The van der Waals surface area contributed by atoms with Gasteiger partial charge in [-0.1, -0.05) is 23.4 Å².